The molecule has 2 aliphatic rings. The number of amides is 1. The van der Waals surface area contributed by atoms with Crippen LogP contribution in [0.4, 0.5) is 0 Å². The van der Waals surface area contributed by atoms with E-state index in [0.717, 1.165) is 68.8 Å². The molecule has 3 heterocycles. The molecule has 1 N–H and O–H groups in total. The van der Waals surface area contributed by atoms with Gasteiger partial charge in [0.05, 0.1) is 19.8 Å². The van der Waals surface area contributed by atoms with Crippen molar-refractivity contribution in [3.8, 4) is 11.4 Å². The van der Waals surface area contributed by atoms with Gasteiger partial charge in [0.2, 0.25) is 17.6 Å². The molecule has 162 valence electrons. The highest BCUT2D eigenvalue weighted by Crippen LogP contribution is 2.22. The molecule has 4 rings (SSSR count). The number of morpholine rings is 1. The number of benzene rings is 1. The fraction of sp³-hybridized carbons (Fsp3) is 0.571. The summed E-state index contributed by atoms with van der Waals surface area (Å²) in [6.07, 6.45) is 1.71. The van der Waals surface area contributed by atoms with Crippen molar-refractivity contribution in [2.24, 2.45) is 5.92 Å². The van der Waals surface area contributed by atoms with Crippen LogP contribution in [0, 0.1) is 5.92 Å². The van der Waals surface area contributed by atoms with Crippen LogP contribution in [0.2, 0.25) is 0 Å². The number of nitrogens with zero attached hydrogens (tertiary/aromatic N) is 4. The Labute approximate surface area is 185 Å². The van der Waals surface area contributed by atoms with Crippen molar-refractivity contribution < 1.29 is 14.1 Å². The number of halogens is 1. The topological polar surface area (TPSA) is 83.7 Å². The summed E-state index contributed by atoms with van der Waals surface area (Å²) in [7, 11) is 0. The Morgan fingerprint density at radius 2 is 1.97 bits per heavy atom. The van der Waals surface area contributed by atoms with Gasteiger partial charge in [0, 0.05) is 42.1 Å². The van der Waals surface area contributed by atoms with E-state index in [1.165, 1.54) is 0 Å². The van der Waals surface area contributed by atoms with Crippen molar-refractivity contribution in [1.29, 1.82) is 0 Å². The van der Waals surface area contributed by atoms with Crippen LogP contribution in [0.1, 0.15) is 18.7 Å². The van der Waals surface area contributed by atoms with Gasteiger partial charge in [-0.25, -0.2) is 0 Å². The molecule has 1 aromatic heterocycles. The number of carbonyl (C=O) groups is 1. The zero-order valence-electron chi connectivity index (χ0n) is 17.1. The third-order valence-corrected chi connectivity index (χ3v) is 6.19. The Bertz CT molecular complexity index is 832. The standard InChI is InChI=1S/C21H28BrN5O3/c22-18-3-1-2-17(14-18)20-24-19(30-25-20)15-27-7-4-16(5-8-27)21(28)23-6-9-26-10-12-29-13-11-26/h1-3,14,16H,4-13,15H2,(H,23,28). The van der Waals surface area contributed by atoms with Crippen LogP contribution in [0.15, 0.2) is 33.3 Å². The molecule has 2 aliphatic heterocycles. The van der Waals surface area contributed by atoms with Gasteiger partial charge in [-0.3, -0.25) is 14.6 Å². The van der Waals surface area contributed by atoms with Gasteiger partial charge in [-0.15, -0.1) is 0 Å². The summed E-state index contributed by atoms with van der Waals surface area (Å²) in [5, 5.41) is 7.20. The molecule has 9 heteroatoms. The molecular weight excluding hydrogens is 450 g/mol. The third kappa shape index (κ3) is 5.87. The highest BCUT2D eigenvalue weighted by Gasteiger charge is 2.26. The summed E-state index contributed by atoms with van der Waals surface area (Å²) in [4.78, 5) is 21.6. The monoisotopic (exact) mass is 477 g/mol. The molecule has 0 unspecified atom stereocenters. The quantitative estimate of drug-likeness (QED) is 0.653. The summed E-state index contributed by atoms with van der Waals surface area (Å²) in [6.45, 7) is 7.41. The first-order valence-corrected chi connectivity index (χ1v) is 11.4. The molecule has 0 saturated carbocycles. The molecule has 30 heavy (non-hydrogen) atoms. The lowest BCUT2D eigenvalue weighted by Gasteiger charge is -2.30. The van der Waals surface area contributed by atoms with Crippen LogP contribution in [0.5, 0.6) is 0 Å². The molecule has 0 aliphatic carbocycles. The first-order valence-electron chi connectivity index (χ1n) is 10.6. The maximum atomic E-state index is 12.5. The first kappa shape index (κ1) is 21.4. The van der Waals surface area contributed by atoms with E-state index >= 15 is 0 Å². The minimum Gasteiger partial charge on any atom is -0.379 e. The van der Waals surface area contributed by atoms with Crippen molar-refractivity contribution >= 4 is 21.8 Å². The van der Waals surface area contributed by atoms with Gasteiger partial charge in [0.25, 0.3) is 0 Å². The fourth-order valence-electron chi connectivity index (χ4n) is 3.91. The molecule has 2 aromatic rings. The molecular formula is C21H28BrN5O3. The maximum Gasteiger partial charge on any atom is 0.241 e. The SMILES string of the molecule is O=C(NCCN1CCOCC1)C1CCN(Cc2nc(-c3cccc(Br)c3)no2)CC1. The van der Waals surface area contributed by atoms with Gasteiger partial charge >= 0.3 is 0 Å². The van der Waals surface area contributed by atoms with E-state index < -0.39 is 0 Å². The van der Waals surface area contributed by atoms with Crippen LogP contribution in [0.25, 0.3) is 11.4 Å². The normalized spacial score (nSPS) is 19.1. The predicted molar refractivity (Wildman–Crippen MR) is 116 cm³/mol. The highest BCUT2D eigenvalue weighted by atomic mass is 79.9. The average molecular weight is 478 g/mol. The molecule has 2 fully saturated rings. The summed E-state index contributed by atoms with van der Waals surface area (Å²) < 4.78 is 11.8. The summed E-state index contributed by atoms with van der Waals surface area (Å²) >= 11 is 3.46. The van der Waals surface area contributed by atoms with Gasteiger partial charge in [-0.2, -0.15) is 4.98 Å². The van der Waals surface area contributed by atoms with Crippen LogP contribution in [-0.2, 0) is 16.1 Å². The molecule has 0 atom stereocenters. The van der Waals surface area contributed by atoms with E-state index in [9.17, 15) is 4.79 Å². The van der Waals surface area contributed by atoms with E-state index in [2.05, 4.69) is 41.2 Å². The Balaban J connectivity index is 1.19. The average Bonchev–Trinajstić information content (AvgIpc) is 3.23. The van der Waals surface area contributed by atoms with Crippen LogP contribution < -0.4 is 5.32 Å². The lowest BCUT2D eigenvalue weighted by atomic mass is 9.96. The number of hydrogen-bond acceptors (Lipinski definition) is 7. The largest absolute Gasteiger partial charge is 0.379 e. The number of nitrogens with one attached hydrogen (secondary N) is 1. The molecule has 0 radical (unpaired) electrons. The van der Waals surface area contributed by atoms with Crippen molar-refractivity contribution in [2.75, 3.05) is 52.5 Å². The fourth-order valence-corrected chi connectivity index (χ4v) is 4.31. The van der Waals surface area contributed by atoms with Crippen LogP contribution in [0.3, 0.4) is 0 Å². The lowest BCUT2D eigenvalue weighted by Crippen LogP contribution is -2.44. The second kappa shape index (κ2) is 10.5. The predicted octanol–water partition coefficient (Wildman–Crippen LogP) is 2.16. The van der Waals surface area contributed by atoms with Gasteiger partial charge in [-0.1, -0.05) is 33.2 Å². The number of rotatable bonds is 7. The van der Waals surface area contributed by atoms with E-state index in [0.29, 0.717) is 24.8 Å². The van der Waals surface area contributed by atoms with Gasteiger partial charge < -0.3 is 14.6 Å². The van der Waals surface area contributed by atoms with Gasteiger partial charge in [0.1, 0.15) is 0 Å². The van der Waals surface area contributed by atoms with Crippen LogP contribution >= 0.6 is 15.9 Å². The first-order chi connectivity index (χ1) is 14.7. The van der Waals surface area contributed by atoms with Gasteiger partial charge in [-0.05, 0) is 38.1 Å². The van der Waals surface area contributed by atoms with E-state index in [1.54, 1.807) is 0 Å². The summed E-state index contributed by atoms with van der Waals surface area (Å²) in [6, 6.07) is 7.85. The minimum atomic E-state index is 0.0888. The Morgan fingerprint density at radius 3 is 2.73 bits per heavy atom. The number of carbonyl (C=O) groups excluding carboxylic acids is 1. The molecule has 8 nitrogen and oxygen atoms in total. The zero-order valence-corrected chi connectivity index (χ0v) is 18.6. The Hall–Kier alpha value is -1.81. The smallest absolute Gasteiger partial charge is 0.241 e. The second-order valence-electron chi connectivity index (χ2n) is 7.82. The third-order valence-electron chi connectivity index (χ3n) is 5.70. The summed E-state index contributed by atoms with van der Waals surface area (Å²) in [5.74, 6) is 1.47. The molecule has 0 spiro atoms. The maximum absolute atomic E-state index is 12.5. The zero-order chi connectivity index (χ0) is 20.8. The van der Waals surface area contributed by atoms with Crippen molar-refractivity contribution in [3.63, 3.8) is 0 Å². The Morgan fingerprint density at radius 1 is 1.17 bits per heavy atom. The minimum absolute atomic E-state index is 0.0888. The van der Waals surface area contributed by atoms with E-state index in [-0.39, 0.29) is 11.8 Å². The molecule has 1 aromatic carbocycles. The Kier molecular flexibility index (Phi) is 7.48. The van der Waals surface area contributed by atoms with Gasteiger partial charge in [0.15, 0.2) is 0 Å². The number of piperidine rings is 1. The number of ether oxygens (including phenoxy) is 1. The summed E-state index contributed by atoms with van der Waals surface area (Å²) in [5.41, 5.74) is 0.923. The van der Waals surface area contributed by atoms with Crippen molar-refractivity contribution in [3.05, 3.63) is 34.6 Å². The second-order valence-corrected chi connectivity index (χ2v) is 8.73. The lowest BCUT2D eigenvalue weighted by molar-refractivity contribution is -0.126. The van der Waals surface area contributed by atoms with Crippen LogP contribution in [-0.4, -0.2) is 78.3 Å². The van der Waals surface area contributed by atoms with Crippen molar-refractivity contribution in [1.82, 2.24) is 25.3 Å². The van der Waals surface area contributed by atoms with E-state index in [1.807, 2.05) is 24.3 Å². The molecule has 0 bridgehead atoms. The van der Waals surface area contributed by atoms with E-state index in [4.69, 9.17) is 9.26 Å². The highest BCUT2D eigenvalue weighted by molar-refractivity contribution is 9.10. The number of likely N-dealkylation sites (tertiary alicyclic amines) is 1. The number of aromatic nitrogens is 2. The van der Waals surface area contributed by atoms with Crippen molar-refractivity contribution in [2.45, 2.75) is 19.4 Å². The molecule has 2 saturated heterocycles. The molecule has 1 amide bonds. The number of hydrogen-bond donors (Lipinski definition) is 1.